The lowest BCUT2D eigenvalue weighted by Gasteiger charge is -2.18. The summed E-state index contributed by atoms with van der Waals surface area (Å²) in [4.78, 5) is 1.02. The maximum absolute atomic E-state index is 14.1. The van der Waals surface area contributed by atoms with Crippen LogP contribution in [-0.2, 0) is 0 Å². The predicted octanol–water partition coefficient (Wildman–Crippen LogP) is 5.33. The highest BCUT2D eigenvalue weighted by molar-refractivity contribution is 7.27. The van der Waals surface area contributed by atoms with E-state index in [4.69, 9.17) is 0 Å². The van der Waals surface area contributed by atoms with Crippen molar-refractivity contribution >= 4 is 32.1 Å². The molecule has 2 aromatic heterocycles. The van der Waals surface area contributed by atoms with Gasteiger partial charge < -0.3 is 5.32 Å². The molecule has 0 aliphatic heterocycles. The van der Waals surface area contributed by atoms with E-state index in [1.54, 1.807) is 22.7 Å². The molecule has 3 aromatic rings. The topological polar surface area (TPSA) is 12.0 Å². The third-order valence-corrected chi connectivity index (χ3v) is 5.47. The Morgan fingerprint density at radius 1 is 1.14 bits per heavy atom. The number of rotatable bonds is 5. The van der Waals surface area contributed by atoms with Crippen molar-refractivity contribution in [2.45, 2.75) is 19.4 Å². The molecule has 0 saturated carbocycles. The molecule has 0 fully saturated rings. The number of hydrogen-bond donors (Lipinski definition) is 1. The van der Waals surface area contributed by atoms with Crippen molar-refractivity contribution in [3.63, 3.8) is 0 Å². The van der Waals surface area contributed by atoms with Gasteiger partial charge in [0.05, 0.1) is 6.04 Å². The number of nitrogens with one attached hydrogen (secondary N) is 1. The number of benzene rings is 1. The first-order valence-corrected chi connectivity index (χ1v) is 8.54. The van der Waals surface area contributed by atoms with Gasteiger partial charge in [-0.3, -0.25) is 0 Å². The van der Waals surface area contributed by atoms with E-state index in [1.165, 1.54) is 21.5 Å². The van der Waals surface area contributed by atoms with Crippen molar-refractivity contribution in [2.24, 2.45) is 0 Å². The van der Waals surface area contributed by atoms with E-state index in [9.17, 15) is 8.78 Å². The lowest BCUT2D eigenvalue weighted by molar-refractivity contribution is 0.539. The minimum atomic E-state index is -0.409. The highest BCUT2D eigenvalue weighted by Crippen LogP contribution is 2.36. The van der Waals surface area contributed by atoms with Gasteiger partial charge in [-0.25, -0.2) is 8.78 Å². The van der Waals surface area contributed by atoms with Crippen LogP contribution in [0.4, 0.5) is 8.78 Å². The van der Waals surface area contributed by atoms with Gasteiger partial charge in [-0.05, 0) is 48.7 Å². The fraction of sp³-hybridized carbons (Fsp3) is 0.250. The summed E-state index contributed by atoms with van der Waals surface area (Å²) in [6.45, 7) is 2.81. The summed E-state index contributed by atoms with van der Waals surface area (Å²) >= 11 is 3.30. The molecule has 0 radical (unpaired) electrons. The predicted molar refractivity (Wildman–Crippen MR) is 86.2 cm³/mol. The molecule has 21 heavy (non-hydrogen) atoms. The van der Waals surface area contributed by atoms with Crippen LogP contribution in [0.25, 0.3) is 9.40 Å². The van der Waals surface area contributed by atoms with E-state index in [2.05, 4.69) is 24.4 Å². The summed E-state index contributed by atoms with van der Waals surface area (Å²) in [5.74, 6) is -0.783. The van der Waals surface area contributed by atoms with E-state index >= 15 is 0 Å². The third kappa shape index (κ3) is 3.00. The molecule has 0 aliphatic rings. The van der Waals surface area contributed by atoms with Gasteiger partial charge in [0.1, 0.15) is 11.6 Å². The molecule has 0 spiro atoms. The van der Waals surface area contributed by atoms with Gasteiger partial charge in [0.2, 0.25) is 0 Å². The Balaban J connectivity index is 2.04. The fourth-order valence-electron chi connectivity index (χ4n) is 2.32. The highest BCUT2D eigenvalue weighted by Gasteiger charge is 2.20. The standard InChI is InChI=1S/C16H15F2NS2/c1-2-6-19-16(11-8-10(17)3-4-12(11)18)15-9-14-13(21-15)5-7-20-14/h3-5,7-9,16,19H,2,6H2,1H3. The molecule has 0 bridgehead atoms. The van der Waals surface area contributed by atoms with E-state index in [0.717, 1.165) is 23.9 Å². The molecular formula is C16H15F2NS2. The molecular weight excluding hydrogens is 308 g/mol. The first-order valence-electron chi connectivity index (χ1n) is 6.84. The van der Waals surface area contributed by atoms with Crippen molar-refractivity contribution in [3.05, 3.63) is 57.8 Å². The molecule has 0 amide bonds. The van der Waals surface area contributed by atoms with Crippen molar-refractivity contribution in [2.75, 3.05) is 6.54 Å². The molecule has 0 aliphatic carbocycles. The zero-order valence-corrected chi connectivity index (χ0v) is 13.2. The number of halogens is 2. The lowest BCUT2D eigenvalue weighted by atomic mass is 10.0. The molecule has 0 saturated heterocycles. The van der Waals surface area contributed by atoms with Crippen LogP contribution in [0.1, 0.15) is 29.8 Å². The van der Waals surface area contributed by atoms with Crippen LogP contribution in [0.15, 0.2) is 35.7 Å². The summed E-state index contributed by atoms with van der Waals surface area (Å²) in [5, 5.41) is 5.37. The Morgan fingerprint density at radius 3 is 2.76 bits per heavy atom. The SMILES string of the molecule is CCCNC(c1cc2sccc2s1)c1cc(F)ccc1F. The second-order valence-electron chi connectivity index (χ2n) is 4.85. The zero-order chi connectivity index (χ0) is 14.8. The van der Waals surface area contributed by atoms with Gasteiger partial charge in [0.25, 0.3) is 0 Å². The monoisotopic (exact) mass is 323 g/mol. The van der Waals surface area contributed by atoms with Crippen molar-refractivity contribution in [3.8, 4) is 0 Å². The first-order chi connectivity index (χ1) is 10.2. The van der Waals surface area contributed by atoms with Gasteiger partial charge in [0, 0.05) is 19.8 Å². The number of hydrogen-bond acceptors (Lipinski definition) is 3. The van der Waals surface area contributed by atoms with Crippen LogP contribution >= 0.6 is 22.7 Å². The minimum absolute atomic E-state index is 0.301. The van der Waals surface area contributed by atoms with E-state index < -0.39 is 5.82 Å². The average Bonchev–Trinajstić information content (AvgIpc) is 3.04. The fourth-order valence-corrected chi connectivity index (χ4v) is 4.53. The largest absolute Gasteiger partial charge is 0.306 e. The molecule has 1 atom stereocenters. The average molecular weight is 323 g/mol. The molecule has 1 aromatic carbocycles. The Bertz CT molecular complexity index is 719. The van der Waals surface area contributed by atoms with Gasteiger partial charge >= 0.3 is 0 Å². The molecule has 2 heterocycles. The van der Waals surface area contributed by atoms with E-state index in [0.29, 0.717) is 5.56 Å². The lowest BCUT2D eigenvalue weighted by Crippen LogP contribution is -2.23. The summed E-state index contributed by atoms with van der Waals surface area (Å²) in [6.07, 6.45) is 0.938. The second-order valence-corrected chi connectivity index (χ2v) is 6.91. The summed E-state index contributed by atoms with van der Waals surface area (Å²) in [7, 11) is 0. The Hall–Kier alpha value is -1.30. The number of fused-ring (bicyclic) bond motifs is 1. The molecule has 5 heteroatoms. The van der Waals surface area contributed by atoms with Crippen LogP contribution in [0, 0.1) is 11.6 Å². The van der Waals surface area contributed by atoms with Crippen LogP contribution in [-0.4, -0.2) is 6.54 Å². The van der Waals surface area contributed by atoms with Crippen LogP contribution in [0.2, 0.25) is 0 Å². The minimum Gasteiger partial charge on any atom is -0.306 e. The summed E-state index contributed by atoms with van der Waals surface area (Å²) in [6, 6.07) is 7.47. The molecule has 110 valence electrons. The van der Waals surface area contributed by atoms with E-state index in [1.807, 2.05) is 5.38 Å². The first kappa shape index (κ1) is 14.6. The zero-order valence-electron chi connectivity index (χ0n) is 11.5. The Labute approximate surface area is 130 Å². The smallest absolute Gasteiger partial charge is 0.128 e. The van der Waals surface area contributed by atoms with Crippen LogP contribution < -0.4 is 5.32 Å². The Morgan fingerprint density at radius 2 is 2.00 bits per heavy atom. The Kier molecular flexibility index (Phi) is 4.33. The normalized spacial score (nSPS) is 12.9. The highest BCUT2D eigenvalue weighted by atomic mass is 32.1. The van der Waals surface area contributed by atoms with Gasteiger partial charge in [-0.15, -0.1) is 22.7 Å². The molecule has 1 N–H and O–H groups in total. The van der Waals surface area contributed by atoms with Crippen molar-refractivity contribution in [1.29, 1.82) is 0 Å². The maximum Gasteiger partial charge on any atom is 0.128 e. The van der Waals surface area contributed by atoms with Crippen LogP contribution in [0.5, 0.6) is 0 Å². The van der Waals surface area contributed by atoms with Crippen molar-refractivity contribution in [1.82, 2.24) is 5.32 Å². The summed E-state index contributed by atoms with van der Waals surface area (Å²) < 4.78 is 30.0. The van der Waals surface area contributed by atoms with Gasteiger partial charge in [0.15, 0.2) is 0 Å². The summed E-state index contributed by atoms with van der Waals surface area (Å²) in [5.41, 5.74) is 0.373. The molecule has 3 rings (SSSR count). The van der Waals surface area contributed by atoms with Crippen LogP contribution in [0.3, 0.4) is 0 Å². The van der Waals surface area contributed by atoms with Gasteiger partial charge in [-0.1, -0.05) is 6.92 Å². The molecule has 1 nitrogen and oxygen atoms in total. The maximum atomic E-state index is 14.1. The number of thiophene rings is 2. The quantitative estimate of drug-likeness (QED) is 0.669. The van der Waals surface area contributed by atoms with Gasteiger partial charge in [-0.2, -0.15) is 0 Å². The molecule has 1 unspecified atom stereocenters. The second kappa shape index (κ2) is 6.22. The third-order valence-electron chi connectivity index (χ3n) is 3.31. The van der Waals surface area contributed by atoms with Crippen molar-refractivity contribution < 1.29 is 8.78 Å². The van der Waals surface area contributed by atoms with E-state index in [-0.39, 0.29) is 11.9 Å².